The molecule has 0 bridgehead atoms. The van der Waals surface area contributed by atoms with Crippen molar-refractivity contribution in [3.05, 3.63) is 29.8 Å². The van der Waals surface area contributed by atoms with Gasteiger partial charge in [0.2, 0.25) is 0 Å². The van der Waals surface area contributed by atoms with E-state index in [4.69, 9.17) is 0 Å². The van der Waals surface area contributed by atoms with Crippen LogP contribution in [0, 0.1) is 5.92 Å². The van der Waals surface area contributed by atoms with Crippen molar-refractivity contribution in [1.82, 2.24) is 10.2 Å². The van der Waals surface area contributed by atoms with Crippen LogP contribution in [0.15, 0.2) is 24.3 Å². The molecule has 1 aromatic carbocycles. The van der Waals surface area contributed by atoms with Crippen LogP contribution in [0.5, 0.6) is 5.75 Å². The molecule has 3 heteroatoms. The molecule has 1 aliphatic rings. The third kappa shape index (κ3) is 4.00. The second kappa shape index (κ2) is 6.76. The minimum Gasteiger partial charge on any atom is -0.508 e. The molecule has 1 atom stereocenters. The van der Waals surface area contributed by atoms with Crippen molar-refractivity contribution in [2.45, 2.75) is 26.3 Å². The van der Waals surface area contributed by atoms with E-state index in [0.29, 0.717) is 5.75 Å². The first-order valence-corrected chi connectivity index (χ1v) is 6.99. The largest absolute Gasteiger partial charge is 0.508 e. The molecule has 1 unspecified atom stereocenters. The highest BCUT2D eigenvalue weighted by molar-refractivity contribution is 5.27. The quantitative estimate of drug-likeness (QED) is 0.838. The average molecular weight is 248 g/mol. The summed E-state index contributed by atoms with van der Waals surface area (Å²) >= 11 is 0. The topological polar surface area (TPSA) is 35.5 Å². The normalized spacial score (nSPS) is 21.1. The smallest absolute Gasteiger partial charge is 0.115 e. The summed E-state index contributed by atoms with van der Waals surface area (Å²) in [5.41, 5.74) is 1.21. The molecule has 1 heterocycles. The Morgan fingerprint density at radius 1 is 1.44 bits per heavy atom. The summed E-state index contributed by atoms with van der Waals surface area (Å²) in [6, 6.07) is 7.61. The first-order chi connectivity index (χ1) is 8.78. The number of nitrogens with one attached hydrogen (secondary N) is 1. The summed E-state index contributed by atoms with van der Waals surface area (Å²) < 4.78 is 0. The molecule has 1 saturated heterocycles. The molecule has 0 aliphatic carbocycles. The van der Waals surface area contributed by atoms with Crippen LogP contribution in [-0.2, 0) is 6.54 Å². The third-order valence-electron chi connectivity index (χ3n) is 3.60. The lowest BCUT2D eigenvalue weighted by Gasteiger charge is -2.32. The lowest BCUT2D eigenvalue weighted by molar-refractivity contribution is 0.165. The number of piperidine rings is 1. The Kier molecular flexibility index (Phi) is 5.02. The number of phenolic OH excluding ortho intramolecular Hbond substituents is 1. The number of benzene rings is 1. The lowest BCUT2D eigenvalue weighted by atomic mass is 9.97. The molecular weight excluding hydrogens is 224 g/mol. The van der Waals surface area contributed by atoms with Gasteiger partial charge in [-0.3, -0.25) is 4.90 Å². The van der Waals surface area contributed by atoms with E-state index >= 15 is 0 Å². The maximum absolute atomic E-state index is 9.48. The maximum Gasteiger partial charge on any atom is 0.115 e. The Hall–Kier alpha value is -1.06. The van der Waals surface area contributed by atoms with Gasteiger partial charge in [-0.15, -0.1) is 0 Å². The molecule has 0 aromatic heterocycles. The monoisotopic (exact) mass is 248 g/mol. The standard InChI is InChI=1S/C15H24N2O/c1-2-16-10-14-6-4-8-17(12-14)11-13-5-3-7-15(18)9-13/h3,5,7,9,14,16,18H,2,4,6,8,10-12H2,1H3. The number of hydrogen-bond acceptors (Lipinski definition) is 3. The van der Waals surface area contributed by atoms with Gasteiger partial charge < -0.3 is 10.4 Å². The zero-order chi connectivity index (χ0) is 12.8. The SMILES string of the molecule is CCNCC1CCCN(Cc2cccc(O)c2)C1. The summed E-state index contributed by atoms with van der Waals surface area (Å²) in [7, 11) is 0. The van der Waals surface area contributed by atoms with Gasteiger partial charge >= 0.3 is 0 Å². The summed E-state index contributed by atoms with van der Waals surface area (Å²) in [5, 5.41) is 12.9. The Morgan fingerprint density at radius 3 is 3.11 bits per heavy atom. The maximum atomic E-state index is 9.48. The van der Waals surface area contributed by atoms with Crippen LogP contribution in [0.4, 0.5) is 0 Å². The average Bonchev–Trinajstić information content (AvgIpc) is 2.37. The van der Waals surface area contributed by atoms with Crippen molar-refractivity contribution < 1.29 is 5.11 Å². The number of aromatic hydroxyl groups is 1. The van der Waals surface area contributed by atoms with Gasteiger partial charge in [-0.2, -0.15) is 0 Å². The van der Waals surface area contributed by atoms with Crippen LogP contribution in [0.3, 0.4) is 0 Å². The molecular formula is C15H24N2O. The molecule has 2 rings (SSSR count). The number of likely N-dealkylation sites (tertiary alicyclic amines) is 1. The zero-order valence-electron chi connectivity index (χ0n) is 11.2. The Bertz CT molecular complexity index is 367. The lowest BCUT2D eigenvalue weighted by Crippen LogP contribution is -2.39. The summed E-state index contributed by atoms with van der Waals surface area (Å²) in [5.74, 6) is 1.14. The number of rotatable bonds is 5. The van der Waals surface area contributed by atoms with Crippen LogP contribution >= 0.6 is 0 Å². The highest BCUT2D eigenvalue weighted by Gasteiger charge is 2.19. The van der Waals surface area contributed by atoms with E-state index in [1.807, 2.05) is 12.1 Å². The van der Waals surface area contributed by atoms with E-state index in [0.717, 1.165) is 25.6 Å². The van der Waals surface area contributed by atoms with E-state index < -0.39 is 0 Å². The van der Waals surface area contributed by atoms with Crippen LogP contribution < -0.4 is 5.32 Å². The number of nitrogens with zero attached hydrogens (tertiary/aromatic N) is 1. The van der Waals surface area contributed by atoms with Crippen molar-refractivity contribution in [3.8, 4) is 5.75 Å². The predicted molar refractivity (Wildman–Crippen MR) is 74.7 cm³/mol. The second-order valence-electron chi connectivity index (χ2n) is 5.22. The fraction of sp³-hybridized carbons (Fsp3) is 0.600. The van der Waals surface area contributed by atoms with Gasteiger partial charge in [-0.25, -0.2) is 0 Å². The van der Waals surface area contributed by atoms with E-state index in [9.17, 15) is 5.11 Å². The summed E-state index contributed by atoms with van der Waals surface area (Å²) in [6.45, 7) is 7.65. The zero-order valence-corrected chi connectivity index (χ0v) is 11.2. The van der Waals surface area contributed by atoms with E-state index in [2.05, 4.69) is 23.2 Å². The van der Waals surface area contributed by atoms with Gasteiger partial charge in [0.05, 0.1) is 0 Å². The van der Waals surface area contributed by atoms with Gasteiger partial charge in [-0.1, -0.05) is 19.1 Å². The van der Waals surface area contributed by atoms with Crippen molar-refractivity contribution in [2.75, 3.05) is 26.2 Å². The Balaban J connectivity index is 1.85. The fourth-order valence-electron chi connectivity index (χ4n) is 2.72. The molecule has 1 aliphatic heterocycles. The van der Waals surface area contributed by atoms with Gasteiger partial charge in [0.1, 0.15) is 5.75 Å². The molecule has 100 valence electrons. The van der Waals surface area contributed by atoms with Gasteiger partial charge in [0.15, 0.2) is 0 Å². The van der Waals surface area contributed by atoms with E-state index in [1.165, 1.54) is 31.5 Å². The van der Waals surface area contributed by atoms with Gasteiger partial charge in [0, 0.05) is 13.1 Å². The molecule has 2 N–H and O–H groups in total. The Labute approximate surface area is 110 Å². The second-order valence-corrected chi connectivity index (χ2v) is 5.22. The molecule has 18 heavy (non-hydrogen) atoms. The first kappa shape index (κ1) is 13.4. The van der Waals surface area contributed by atoms with E-state index in [-0.39, 0.29) is 0 Å². The van der Waals surface area contributed by atoms with Crippen molar-refractivity contribution in [3.63, 3.8) is 0 Å². The molecule has 0 amide bonds. The highest BCUT2D eigenvalue weighted by Crippen LogP contribution is 2.19. The summed E-state index contributed by atoms with van der Waals surface area (Å²) in [4.78, 5) is 2.50. The van der Waals surface area contributed by atoms with Crippen LogP contribution in [-0.4, -0.2) is 36.2 Å². The van der Waals surface area contributed by atoms with Gasteiger partial charge in [-0.05, 0) is 56.1 Å². The van der Waals surface area contributed by atoms with Crippen LogP contribution in [0.1, 0.15) is 25.3 Å². The summed E-state index contributed by atoms with van der Waals surface area (Å²) in [6.07, 6.45) is 2.62. The minimum absolute atomic E-state index is 0.369. The third-order valence-corrected chi connectivity index (χ3v) is 3.60. The van der Waals surface area contributed by atoms with Gasteiger partial charge in [0.25, 0.3) is 0 Å². The molecule has 1 aromatic rings. The fourth-order valence-corrected chi connectivity index (χ4v) is 2.72. The number of phenols is 1. The molecule has 0 spiro atoms. The molecule has 0 saturated carbocycles. The Morgan fingerprint density at radius 2 is 2.33 bits per heavy atom. The van der Waals surface area contributed by atoms with E-state index in [1.54, 1.807) is 6.07 Å². The minimum atomic E-state index is 0.369. The number of hydrogen-bond donors (Lipinski definition) is 2. The first-order valence-electron chi connectivity index (χ1n) is 6.99. The van der Waals surface area contributed by atoms with Crippen molar-refractivity contribution in [2.24, 2.45) is 5.92 Å². The van der Waals surface area contributed by atoms with Crippen LogP contribution in [0.25, 0.3) is 0 Å². The predicted octanol–water partition coefficient (Wildman–Crippen LogP) is 2.21. The highest BCUT2D eigenvalue weighted by atomic mass is 16.3. The van der Waals surface area contributed by atoms with Crippen molar-refractivity contribution in [1.29, 1.82) is 0 Å². The van der Waals surface area contributed by atoms with Crippen LogP contribution in [0.2, 0.25) is 0 Å². The van der Waals surface area contributed by atoms with Crippen molar-refractivity contribution >= 4 is 0 Å². The molecule has 0 radical (unpaired) electrons. The molecule has 1 fully saturated rings. The molecule has 3 nitrogen and oxygen atoms in total.